The lowest BCUT2D eigenvalue weighted by atomic mass is 9.99. The number of oxime groups is 1. The number of nitrogens with zero attached hydrogens (tertiary/aromatic N) is 1. The molecule has 0 fully saturated rings. The highest BCUT2D eigenvalue weighted by atomic mass is 79.9. The highest BCUT2D eigenvalue weighted by Gasteiger charge is 2.25. The number of rotatable bonds is 6. The first kappa shape index (κ1) is 16.6. The van der Waals surface area contributed by atoms with Crippen LogP contribution in [-0.4, -0.2) is 22.8 Å². The first-order valence-electron chi connectivity index (χ1n) is 6.17. The molecule has 1 N–H and O–H groups in total. The number of carbonyl (C=O) groups is 1. The van der Waals surface area contributed by atoms with Crippen molar-refractivity contribution in [3.05, 3.63) is 28.5 Å². The van der Waals surface area contributed by atoms with Crippen LogP contribution in [0.25, 0.3) is 0 Å². The average Bonchev–Trinajstić information content (AvgIpc) is 2.36. The molecule has 0 aromatic heterocycles. The van der Waals surface area contributed by atoms with E-state index < -0.39 is 11.9 Å². The average molecular weight is 346 g/mol. The van der Waals surface area contributed by atoms with Crippen molar-refractivity contribution in [2.75, 3.05) is 0 Å². The summed E-state index contributed by atoms with van der Waals surface area (Å²) in [5, 5.41) is 11.6. The van der Waals surface area contributed by atoms with Gasteiger partial charge in [0.1, 0.15) is 0 Å². The lowest BCUT2D eigenvalue weighted by Crippen LogP contribution is -2.34. The molecule has 1 rings (SSSR count). The molecule has 1 atom stereocenters. The summed E-state index contributed by atoms with van der Waals surface area (Å²) in [6, 6.07) is 4.38. The number of carbonyl (C=O) groups excluding carboxylic acids is 1. The summed E-state index contributed by atoms with van der Waals surface area (Å²) >= 11 is 3.16. The Hall–Kier alpha value is -1.43. The van der Waals surface area contributed by atoms with Gasteiger partial charge in [-0.1, -0.05) is 34.9 Å². The van der Waals surface area contributed by atoms with E-state index in [0.29, 0.717) is 10.2 Å². The Balaban J connectivity index is 2.90. The third-order valence-corrected chi connectivity index (χ3v) is 3.16. The van der Waals surface area contributed by atoms with Gasteiger partial charge in [-0.2, -0.15) is 0 Å². The Morgan fingerprint density at radius 3 is 2.65 bits per heavy atom. The van der Waals surface area contributed by atoms with Gasteiger partial charge in [0.25, 0.3) is 0 Å². The largest absolute Gasteiger partial charge is 0.479 e. The summed E-state index contributed by atoms with van der Waals surface area (Å²) in [5.74, 6) is -0.890. The smallest absolute Gasteiger partial charge is 0.179 e. The Bertz CT molecular complexity index is 517. The van der Waals surface area contributed by atoms with E-state index in [9.17, 15) is 9.18 Å². The molecule has 0 saturated heterocycles. The summed E-state index contributed by atoms with van der Waals surface area (Å²) in [6.07, 6.45) is -0.820. The highest BCUT2D eigenvalue weighted by Crippen LogP contribution is 2.24. The SMILES string of the molecule is C/C(CC(=O)[C@@H](Oc1ccc(Br)cc1F)C(C)C)=N\O. The third-order valence-electron chi connectivity index (χ3n) is 2.67. The molecule has 1 aromatic carbocycles. The van der Waals surface area contributed by atoms with Crippen molar-refractivity contribution in [1.29, 1.82) is 0 Å². The molecule has 0 aliphatic carbocycles. The van der Waals surface area contributed by atoms with Crippen molar-refractivity contribution >= 4 is 27.4 Å². The van der Waals surface area contributed by atoms with Crippen molar-refractivity contribution in [2.45, 2.75) is 33.3 Å². The van der Waals surface area contributed by atoms with Gasteiger partial charge in [-0.25, -0.2) is 4.39 Å². The topological polar surface area (TPSA) is 58.9 Å². The first-order valence-corrected chi connectivity index (χ1v) is 6.96. The minimum absolute atomic E-state index is 0.0267. The summed E-state index contributed by atoms with van der Waals surface area (Å²) < 4.78 is 19.8. The Labute approximate surface area is 125 Å². The number of Topliss-reactive ketones (excluding diaryl/α,β-unsaturated/α-hetero) is 1. The number of benzene rings is 1. The standard InChI is InChI=1S/C14H17BrFNO3/c1-8(2)14(12(18)6-9(3)17-19)20-13-5-4-10(15)7-11(13)16/h4-5,7-8,14,19H,6H2,1-3H3/b17-9+/t14-/m0/s1. The second kappa shape index (κ2) is 7.38. The molecule has 0 heterocycles. The van der Waals surface area contributed by atoms with Gasteiger partial charge in [0.15, 0.2) is 23.5 Å². The van der Waals surface area contributed by atoms with Gasteiger partial charge in [0.2, 0.25) is 0 Å². The van der Waals surface area contributed by atoms with E-state index >= 15 is 0 Å². The molecular weight excluding hydrogens is 329 g/mol. The van der Waals surface area contributed by atoms with Crippen LogP contribution >= 0.6 is 15.9 Å². The molecule has 0 saturated carbocycles. The summed E-state index contributed by atoms with van der Waals surface area (Å²) in [4.78, 5) is 12.1. The van der Waals surface area contributed by atoms with Crippen molar-refractivity contribution in [3.8, 4) is 5.75 Å². The summed E-state index contributed by atoms with van der Waals surface area (Å²) in [6.45, 7) is 5.16. The van der Waals surface area contributed by atoms with Crippen molar-refractivity contribution < 1.29 is 19.1 Å². The highest BCUT2D eigenvalue weighted by molar-refractivity contribution is 9.10. The minimum atomic E-state index is -0.789. The minimum Gasteiger partial charge on any atom is -0.479 e. The predicted octanol–water partition coefficient (Wildman–Crippen LogP) is 3.80. The normalized spacial score (nSPS) is 13.4. The van der Waals surface area contributed by atoms with Crippen LogP contribution in [0.5, 0.6) is 5.75 Å². The maximum atomic E-state index is 13.7. The van der Waals surface area contributed by atoms with E-state index in [4.69, 9.17) is 9.94 Å². The van der Waals surface area contributed by atoms with Crippen LogP contribution in [-0.2, 0) is 4.79 Å². The fourth-order valence-electron chi connectivity index (χ4n) is 1.67. The molecule has 20 heavy (non-hydrogen) atoms. The molecule has 0 radical (unpaired) electrons. The van der Waals surface area contributed by atoms with E-state index in [1.807, 2.05) is 13.8 Å². The van der Waals surface area contributed by atoms with E-state index in [-0.39, 0.29) is 23.9 Å². The van der Waals surface area contributed by atoms with Gasteiger partial charge < -0.3 is 9.94 Å². The van der Waals surface area contributed by atoms with Crippen LogP contribution in [0, 0.1) is 11.7 Å². The van der Waals surface area contributed by atoms with Crippen molar-refractivity contribution in [3.63, 3.8) is 0 Å². The molecule has 0 aliphatic heterocycles. The maximum absolute atomic E-state index is 13.7. The number of halogens is 2. The molecule has 1 aromatic rings. The molecule has 0 unspecified atom stereocenters. The molecule has 0 aliphatic rings. The van der Waals surface area contributed by atoms with E-state index in [2.05, 4.69) is 21.1 Å². The van der Waals surface area contributed by atoms with Crippen LogP contribution in [0.2, 0.25) is 0 Å². The zero-order valence-electron chi connectivity index (χ0n) is 11.6. The molecule has 6 heteroatoms. The molecule has 4 nitrogen and oxygen atoms in total. The Morgan fingerprint density at radius 1 is 1.50 bits per heavy atom. The van der Waals surface area contributed by atoms with E-state index in [1.54, 1.807) is 6.07 Å². The monoisotopic (exact) mass is 345 g/mol. The van der Waals surface area contributed by atoms with Crippen LogP contribution in [0.3, 0.4) is 0 Å². The van der Waals surface area contributed by atoms with Gasteiger partial charge in [0, 0.05) is 4.47 Å². The number of hydrogen-bond donors (Lipinski definition) is 1. The molecular formula is C14H17BrFNO3. The maximum Gasteiger partial charge on any atom is 0.179 e. The van der Waals surface area contributed by atoms with Crippen molar-refractivity contribution in [2.24, 2.45) is 11.1 Å². The quantitative estimate of drug-likeness (QED) is 0.484. The fraction of sp³-hybridized carbons (Fsp3) is 0.429. The lowest BCUT2D eigenvalue weighted by molar-refractivity contribution is -0.126. The predicted molar refractivity (Wildman–Crippen MR) is 77.9 cm³/mol. The number of ketones is 1. The van der Waals surface area contributed by atoms with Gasteiger partial charge in [-0.05, 0) is 31.0 Å². The summed E-state index contributed by atoms with van der Waals surface area (Å²) in [5.41, 5.74) is 0.292. The van der Waals surface area contributed by atoms with Crippen molar-refractivity contribution in [1.82, 2.24) is 0 Å². The second-order valence-corrected chi connectivity index (χ2v) is 5.75. The molecule has 110 valence electrons. The van der Waals surface area contributed by atoms with Gasteiger partial charge in [-0.3, -0.25) is 4.79 Å². The van der Waals surface area contributed by atoms with Crippen LogP contribution in [0.1, 0.15) is 27.2 Å². The van der Waals surface area contributed by atoms with E-state index in [0.717, 1.165) is 0 Å². The second-order valence-electron chi connectivity index (χ2n) is 4.84. The molecule has 0 bridgehead atoms. The van der Waals surface area contributed by atoms with Crippen LogP contribution < -0.4 is 4.74 Å². The fourth-order valence-corrected chi connectivity index (χ4v) is 2.00. The Kier molecular flexibility index (Phi) is 6.13. The lowest BCUT2D eigenvalue weighted by Gasteiger charge is -2.21. The molecule has 0 spiro atoms. The van der Waals surface area contributed by atoms with Gasteiger partial charge in [0.05, 0.1) is 12.1 Å². The van der Waals surface area contributed by atoms with Crippen LogP contribution in [0.15, 0.2) is 27.8 Å². The van der Waals surface area contributed by atoms with Gasteiger partial charge >= 0.3 is 0 Å². The summed E-state index contributed by atoms with van der Waals surface area (Å²) in [7, 11) is 0. The zero-order valence-corrected chi connectivity index (χ0v) is 13.1. The third kappa shape index (κ3) is 4.59. The Morgan fingerprint density at radius 2 is 2.15 bits per heavy atom. The number of hydrogen-bond acceptors (Lipinski definition) is 4. The number of ether oxygens (including phenoxy) is 1. The van der Waals surface area contributed by atoms with Gasteiger partial charge in [-0.15, -0.1) is 0 Å². The van der Waals surface area contributed by atoms with E-state index in [1.165, 1.54) is 19.1 Å². The zero-order chi connectivity index (χ0) is 15.3. The first-order chi connectivity index (χ1) is 9.35. The molecule has 0 amide bonds. The van der Waals surface area contributed by atoms with Crippen LogP contribution in [0.4, 0.5) is 4.39 Å².